The molecule has 0 aromatic heterocycles. The van der Waals surface area contributed by atoms with Crippen LogP contribution in [0.3, 0.4) is 0 Å². The minimum Gasteiger partial charge on any atom is -0.323 e. The Balaban J connectivity index is 1.68. The summed E-state index contributed by atoms with van der Waals surface area (Å²) in [6.45, 7) is 3.94. The molecule has 1 aliphatic heterocycles. The van der Waals surface area contributed by atoms with E-state index in [-0.39, 0.29) is 11.9 Å². The number of carbonyl (C=O) groups excluding carboxylic acids is 2. The Kier molecular flexibility index (Phi) is 4.66. The van der Waals surface area contributed by atoms with Crippen molar-refractivity contribution in [3.8, 4) is 0 Å². The van der Waals surface area contributed by atoms with Crippen LogP contribution in [0.2, 0.25) is 0 Å². The van der Waals surface area contributed by atoms with E-state index in [1.54, 1.807) is 0 Å². The van der Waals surface area contributed by atoms with Crippen molar-refractivity contribution in [2.45, 2.75) is 51.1 Å². The SMILES string of the molecule is CCN(Cc1ccccc1)CN1C(=O)NC2(CCCCC2)C1=O. The van der Waals surface area contributed by atoms with E-state index in [9.17, 15) is 9.59 Å². The predicted molar refractivity (Wildman–Crippen MR) is 88.6 cm³/mol. The van der Waals surface area contributed by atoms with Gasteiger partial charge in [0.1, 0.15) is 5.54 Å². The predicted octanol–water partition coefficient (Wildman–Crippen LogP) is 2.72. The molecule has 1 saturated carbocycles. The van der Waals surface area contributed by atoms with Gasteiger partial charge in [0.2, 0.25) is 0 Å². The monoisotopic (exact) mass is 315 g/mol. The van der Waals surface area contributed by atoms with Gasteiger partial charge in [0.25, 0.3) is 5.91 Å². The lowest BCUT2D eigenvalue weighted by atomic mass is 9.82. The Morgan fingerprint density at radius 1 is 1.13 bits per heavy atom. The van der Waals surface area contributed by atoms with Crippen LogP contribution >= 0.6 is 0 Å². The van der Waals surface area contributed by atoms with Gasteiger partial charge in [-0.2, -0.15) is 0 Å². The maximum Gasteiger partial charge on any atom is 0.326 e. The molecule has 5 heteroatoms. The molecule has 2 aliphatic rings. The molecule has 0 atom stereocenters. The van der Waals surface area contributed by atoms with Crippen LogP contribution in [0.1, 0.15) is 44.6 Å². The molecule has 124 valence electrons. The summed E-state index contributed by atoms with van der Waals surface area (Å²) in [6, 6.07) is 9.91. The van der Waals surface area contributed by atoms with Gasteiger partial charge in [0, 0.05) is 6.54 Å². The summed E-state index contributed by atoms with van der Waals surface area (Å²) in [6.07, 6.45) is 4.74. The van der Waals surface area contributed by atoms with E-state index >= 15 is 0 Å². The molecule has 1 aliphatic carbocycles. The van der Waals surface area contributed by atoms with Crippen molar-refractivity contribution in [1.29, 1.82) is 0 Å². The zero-order valence-corrected chi connectivity index (χ0v) is 13.8. The number of nitrogens with one attached hydrogen (secondary N) is 1. The molecule has 3 amide bonds. The highest BCUT2D eigenvalue weighted by molar-refractivity contribution is 6.07. The van der Waals surface area contributed by atoms with Crippen molar-refractivity contribution in [2.75, 3.05) is 13.2 Å². The van der Waals surface area contributed by atoms with Crippen molar-refractivity contribution in [3.05, 3.63) is 35.9 Å². The maximum atomic E-state index is 12.8. The van der Waals surface area contributed by atoms with Gasteiger partial charge < -0.3 is 5.32 Å². The number of urea groups is 1. The van der Waals surface area contributed by atoms with E-state index in [0.29, 0.717) is 6.67 Å². The summed E-state index contributed by atoms with van der Waals surface area (Å²) in [5.41, 5.74) is 0.565. The molecule has 1 N–H and O–H groups in total. The Morgan fingerprint density at radius 3 is 2.48 bits per heavy atom. The standard InChI is InChI=1S/C18H25N3O2/c1-2-20(13-15-9-5-3-6-10-15)14-21-16(22)18(19-17(21)23)11-7-4-8-12-18/h3,5-6,9-10H,2,4,7-8,11-14H2,1H3,(H,19,23). The molecule has 0 radical (unpaired) electrons. The average molecular weight is 315 g/mol. The van der Waals surface area contributed by atoms with Crippen LogP contribution in [0.15, 0.2) is 30.3 Å². The van der Waals surface area contributed by atoms with Crippen molar-refractivity contribution in [1.82, 2.24) is 15.1 Å². The van der Waals surface area contributed by atoms with Crippen LogP contribution in [0.25, 0.3) is 0 Å². The van der Waals surface area contributed by atoms with Crippen molar-refractivity contribution >= 4 is 11.9 Å². The number of hydrogen-bond donors (Lipinski definition) is 1. The lowest BCUT2D eigenvalue weighted by molar-refractivity contribution is -0.133. The van der Waals surface area contributed by atoms with Crippen molar-refractivity contribution < 1.29 is 9.59 Å². The molecule has 23 heavy (non-hydrogen) atoms. The van der Waals surface area contributed by atoms with Crippen LogP contribution in [-0.4, -0.2) is 40.5 Å². The van der Waals surface area contributed by atoms with Crippen LogP contribution in [0, 0.1) is 0 Å². The third kappa shape index (κ3) is 3.24. The molecule has 1 saturated heterocycles. The summed E-state index contributed by atoms with van der Waals surface area (Å²) in [7, 11) is 0. The first-order valence-electron chi connectivity index (χ1n) is 8.55. The maximum absolute atomic E-state index is 12.8. The van der Waals surface area contributed by atoms with Crippen LogP contribution in [0.4, 0.5) is 4.79 Å². The molecule has 5 nitrogen and oxygen atoms in total. The minimum absolute atomic E-state index is 0.0336. The Hall–Kier alpha value is -1.88. The van der Waals surface area contributed by atoms with E-state index < -0.39 is 5.54 Å². The number of amides is 3. The first kappa shape index (κ1) is 16.0. The lowest BCUT2D eigenvalue weighted by Crippen LogP contribution is -2.49. The first-order valence-corrected chi connectivity index (χ1v) is 8.55. The summed E-state index contributed by atoms with van der Waals surface area (Å²) in [5, 5.41) is 2.97. The molecule has 2 fully saturated rings. The normalized spacial score (nSPS) is 20.3. The second-order valence-corrected chi connectivity index (χ2v) is 6.58. The summed E-state index contributed by atoms with van der Waals surface area (Å²) >= 11 is 0. The third-order valence-corrected chi connectivity index (χ3v) is 4.99. The quantitative estimate of drug-likeness (QED) is 0.850. The Labute approximate surface area is 137 Å². The van der Waals surface area contributed by atoms with Gasteiger partial charge >= 0.3 is 6.03 Å². The highest BCUT2D eigenvalue weighted by Crippen LogP contribution is 2.33. The Bertz CT molecular complexity index is 567. The number of rotatable bonds is 5. The molecule has 1 aromatic carbocycles. The summed E-state index contributed by atoms with van der Waals surface area (Å²) < 4.78 is 0. The second-order valence-electron chi connectivity index (χ2n) is 6.58. The molecule has 0 bridgehead atoms. The summed E-state index contributed by atoms with van der Waals surface area (Å²) in [5.74, 6) is -0.0336. The lowest BCUT2D eigenvalue weighted by Gasteiger charge is -2.31. The van der Waals surface area contributed by atoms with E-state index in [1.165, 1.54) is 10.5 Å². The first-order chi connectivity index (χ1) is 11.1. The van der Waals surface area contributed by atoms with Crippen LogP contribution in [0.5, 0.6) is 0 Å². The molecule has 1 aromatic rings. The van der Waals surface area contributed by atoms with Gasteiger partial charge in [-0.25, -0.2) is 9.69 Å². The van der Waals surface area contributed by atoms with Crippen molar-refractivity contribution in [3.63, 3.8) is 0 Å². The van der Waals surface area contributed by atoms with Gasteiger partial charge in [0.15, 0.2) is 0 Å². The molecule has 1 spiro atoms. The molecule has 1 heterocycles. The van der Waals surface area contributed by atoms with Gasteiger partial charge in [-0.3, -0.25) is 9.69 Å². The van der Waals surface area contributed by atoms with Gasteiger partial charge in [0.05, 0.1) is 6.67 Å². The number of carbonyl (C=O) groups is 2. The zero-order chi connectivity index (χ0) is 16.3. The number of nitrogens with zero attached hydrogens (tertiary/aromatic N) is 2. The molecular weight excluding hydrogens is 290 g/mol. The molecule has 3 rings (SSSR count). The van der Waals surface area contributed by atoms with E-state index in [4.69, 9.17) is 0 Å². The smallest absolute Gasteiger partial charge is 0.323 e. The minimum atomic E-state index is -0.624. The zero-order valence-electron chi connectivity index (χ0n) is 13.8. The Morgan fingerprint density at radius 2 is 1.83 bits per heavy atom. The number of benzene rings is 1. The van der Waals surface area contributed by atoms with Crippen molar-refractivity contribution in [2.24, 2.45) is 0 Å². The van der Waals surface area contributed by atoms with E-state index in [0.717, 1.165) is 45.2 Å². The van der Waals surface area contributed by atoms with Crippen LogP contribution < -0.4 is 5.32 Å². The number of imide groups is 1. The summed E-state index contributed by atoms with van der Waals surface area (Å²) in [4.78, 5) is 28.7. The molecular formula is C18H25N3O2. The van der Waals surface area contributed by atoms with Gasteiger partial charge in [-0.05, 0) is 24.9 Å². The highest BCUT2D eigenvalue weighted by atomic mass is 16.2. The largest absolute Gasteiger partial charge is 0.326 e. The second kappa shape index (κ2) is 6.71. The average Bonchev–Trinajstić information content (AvgIpc) is 2.80. The van der Waals surface area contributed by atoms with E-state index in [2.05, 4.69) is 29.3 Å². The highest BCUT2D eigenvalue weighted by Gasteiger charge is 2.51. The van der Waals surface area contributed by atoms with E-state index in [1.807, 2.05) is 18.2 Å². The van der Waals surface area contributed by atoms with Gasteiger partial charge in [-0.1, -0.05) is 56.5 Å². The van der Waals surface area contributed by atoms with Gasteiger partial charge in [-0.15, -0.1) is 0 Å². The third-order valence-electron chi connectivity index (χ3n) is 4.99. The van der Waals surface area contributed by atoms with Crippen LogP contribution in [-0.2, 0) is 11.3 Å². The fraction of sp³-hybridized carbons (Fsp3) is 0.556. The topological polar surface area (TPSA) is 52.6 Å². The number of hydrogen-bond acceptors (Lipinski definition) is 3. The fourth-order valence-corrected chi connectivity index (χ4v) is 3.60. The fourth-order valence-electron chi connectivity index (χ4n) is 3.60. The molecule has 0 unspecified atom stereocenters.